The third kappa shape index (κ3) is 3.59. The summed E-state index contributed by atoms with van der Waals surface area (Å²) >= 11 is 1.49. The number of nitrogens with one attached hydrogen (secondary N) is 1. The lowest BCUT2D eigenvalue weighted by Crippen LogP contribution is -2.07. The highest BCUT2D eigenvalue weighted by molar-refractivity contribution is 7.15. The number of aromatic nitrogens is 4. The average molecular weight is 317 g/mol. The van der Waals surface area contributed by atoms with Gasteiger partial charge in [-0.05, 0) is 25.0 Å². The Balaban J connectivity index is 1.58. The van der Waals surface area contributed by atoms with Crippen LogP contribution in [0.2, 0.25) is 0 Å². The third-order valence-corrected chi connectivity index (χ3v) is 4.89. The van der Waals surface area contributed by atoms with Gasteiger partial charge in [0.2, 0.25) is 11.0 Å². The van der Waals surface area contributed by atoms with E-state index in [1.807, 2.05) is 13.1 Å². The first-order chi connectivity index (χ1) is 10.7. The predicted molar refractivity (Wildman–Crippen MR) is 86.6 cm³/mol. The van der Waals surface area contributed by atoms with Crippen LogP contribution in [0, 0.1) is 0 Å². The molecule has 116 valence electrons. The van der Waals surface area contributed by atoms with Gasteiger partial charge in [0.15, 0.2) is 0 Å². The van der Waals surface area contributed by atoms with Gasteiger partial charge >= 0.3 is 0 Å². The number of amides is 1. The van der Waals surface area contributed by atoms with E-state index in [1.54, 1.807) is 17.0 Å². The molecule has 0 aromatic carbocycles. The molecule has 1 aliphatic rings. The van der Waals surface area contributed by atoms with Gasteiger partial charge < -0.3 is 0 Å². The van der Waals surface area contributed by atoms with Crippen molar-refractivity contribution in [2.75, 3.05) is 5.32 Å². The van der Waals surface area contributed by atoms with Crippen molar-refractivity contribution in [3.05, 3.63) is 29.0 Å². The van der Waals surface area contributed by atoms with Crippen molar-refractivity contribution in [1.29, 1.82) is 0 Å². The van der Waals surface area contributed by atoms with E-state index in [1.165, 1.54) is 49.5 Å². The van der Waals surface area contributed by atoms with Crippen molar-refractivity contribution in [2.45, 2.75) is 38.0 Å². The van der Waals surface area contributed by atoms with E-state index in [0.717, 1.165) is 10.7 Å². The summed E-state index contributed by atoms with van der Waals surface area (Å²) < 4.78 is 1.70. The van der Waals surface area contributed by atoms with E-state index >= 15 is 0 Å². The van der Waals surface area contributed by atoms with Crippen molar-refractivity contribution >= 4 is 28.5 Å². The van der Waals surface area contributed by atoms with Crippen LogP contribution in [-0.2, 0) is 11.8 Å². The molecular formula is C15H19N5OS. The van der Waals surface area contributed by atoms with E-state index in [-0.39, 0.29) is 5.91 Å². The summed E-state index contributed by atoms with van der Waals surface area (Å²) in [5, 5.41) is 16.7. The van der Waals surface area contributed by atoms with E-state index in [9.17, 15) is 4.79 Å². The van der Waals surface area contributed by atoms with Crippen LogP contribution in [0.25, 0.3) is 6.08 Å². The highest BCUT2D eigenvalue weighted by atomic mass is 32.1. The number of carbonyl (C=O) groups is 1. The Labute approximate surface area is 133 Å². The molecule has 1 N–H and O–H groups in total. The number of carbonyl (C=O) groups excluding carboxylic acids is 1. The van der Waals surface area contributed by atoms with Crippen molar-refractivity contribution < 1.29 is 4.79 Å². The molecule has 2 heterocycles. The van der Waals surface area contributed by atoms with Gasteiger partial charge in [0, 0.05) is 25.2 Å². The topological polar surface area (TPSA) is 72.7 Å². The number of hydrogen-bond donors (Lipinski definition) is 1. The molecule has 0 spiro atoms. The zero-order chi connectivity index (χ0) is 15.4. The van der Waals surface area contributed by atoms with Crippen LogP contribution in [0.3, 0.4) is 0 Å². The van der Waals surface area contributed by atoms with Crippen LogP contribution in [0.15, 0.2) is 18.3 Å². The predicted octanol–water partition coefficient (Wildman–Crippen LogP) is 2.97. The number of hydrogen-bond acceptors (Lipinski definition) is 5. The minimum absolute atomic E-state index is 0.201. The lowest BCUT2D eigenvalue weighted by Gasteiger charge is -2.18. The normalized spacial score (nSPS) is 16.2. The lowest BCUT2D eigenvalue weighted by molar-refractivity contribution is -0.111. The van der Waals surface area contributed by atoms with E-state index < -0.39 is 0 Å². The summed E-state index contributed by atoms with van der Waals surface area (Å²) in [5.74, 6) is 0.314. The Kier molecular flexibility index (Phi) is 4.62. The van der Waals surface area contributed by atoms with Gasteiger partial charge in [-0.15, -0.1) is 10.2 Å². The molecule has 1 aliphatic carbocycles. The number of anilines is 1. The van der Waals surface area contributed by atoms with Crippen molar-refractivity contribution in [3.8, 4) is 0 Å². The van der Waals surface area contributed by atoms with Gasteiger partial charge in [-0.2, -0.15) is 5.10 Å². The van der Waals surface area contributed by atoms with Crippen LogP contribution >= 0.6 is 11.3 Å². The van der Waals surface area contributed by atoms with Crippen molar-refractivity contribution in [3.63, 3.8) is 0 Å². The maximum Gasteiger partial charge on any atom is 0.250 e. The second-order valence-electron chi connectivity index (χ2n) is 5.48. The van der Waals surface area contributed by atoms with Crippen molar-refractivity contribution in [2.24, 2.45) is 7.05 Å². The molecule has 0 atom stereocenters. The number of rotatable bonds is 4. The fraction of sp³-hybridized carbons (Fsp3) is 0.467. The molecule has 0 unspecified atom stereocenters. The summed E-state index contributed by atoms with van der Waals surface area (Å²) in [6.45, 7) is 0. The van der Waals surface area contributed by atoms with Crippen LogP contribution in [0.4, 0.5) is 5.13 Å². The number of nitrogens with zero attached hydrogens (tertiary/aromatic N) is 4. The molecule has 7 heteroatoms. The maximum absolute atomic E-state index is 11.9. The number of aryl methyl sites for hydroxylation is 1. The SMILES string of the molecule is Cn1nccc1/C=C/C(=O)Nc1nnc(C2CCCCC2)s1. The molecule has 22 heavy (non-hydrogen) atoms. The van der Waals surface area contributed by atoms with Gasteiger partial charge in [-0.3, -0.25) is 14.8 Å². The van der Waals surface area contributed by atoms with Crippen LogP contribution in [0.1, 0.15) is 48.7 Å². The minimum atomic E-state index is -0.201. The minimum Gasteiger partial charge on any atom is -0.297 e. The fourth-order valence-electron chi connectivity index (χ4n) is 2.66. The highest BCUT2D eigenvalue weighted by Crippen LogP contribution is 2.35. The first kappa shape index (κ1) is 14.9. The Morgan fingerprint density at radius 2 is 2.18 bits per heavy atom. The Bertz CT molecular complexity index is 669. The molecule has 0 radical (unpaired) electrons. The van der Waals surface area contributed by atoms with Crippen molar-refractivity contribution in [1.82, 2.24) is 20.0 Å². The van der Waals surface area contributed by atoms with E-state index in [4.69, 9.17) is 0 Å². The van der Waals surface area contributed by atoms with Gasteiger partial charge in [0.25, 0.3) is 0 Å². The molecule has 2 aromatic heterocycles. The van der Waals surface area contributed by atoms with Crippen LogP contribution < -0.4 is 5.32 Å². The second kappa shape index (κ2) is 6.83. The molecule has 3 rings (SSSR count). The van der Waals surface area contributed by atoms with E-state index in [2.05, 4.69) is 20.6 Å². The fourth-order valence-corrected chi connectivity index (χ4v) is 3.57. The Morgan fingerprint density at radius 3 is 2.91 bits per heavy atom. The summed E-state index contributed by atoms with van der Waals surface area (Å²) in [6, 6.07) is 1.84. The molecule has 1 saturated carbocycles. The Hall–Kier alpha value is -2.02. The summed E-state index contributed by atoms with van der Waals surface area (Å²) in [4.78, 5) is 11.9. The Morgan fingerprint density at radius 1 is 1.36 bits per heavy atom. The third-order valence-electron chi connectivity index (χ3n) is 3.89. The standard InChI is InChI=1S/C15H19N5OS/c1-20-12(9-10-16-20)7-8-13(21)17-15-19-18-14(22-15)11-5-3-2-4-6-11/h7-11H,2-6H2,1H3,(H,17,19,21)/b8-7+. The molecule has 0 aliphatic heterocycles. The van der Waals surface area contributed by atoms with Gasteiger partial charge in [-0.25, -0.2) is 0 Å². The molecular weight excluding hydrogens is 298 g/mol. The molecule has 1 amide bonds. The monoisotopic (exact) mass is 317 g/mol. The van der Waals surface area contributed by atoms with Gasteiger partial charge in [0.1, 0.15) is 5.01 Å². The highest BCUT2D eigenvalue weighted by Gasteiger charge is 2.19. The first-order valence-electron chi connectivity index (χ1n) is 7.53. The first-order valence-corrected chi connectivity index (χ1v) is 8.34. The second-order valence-corrected chi connectivity index (χ2v) is 6.49. The quantitative estimate of drug-likeness (QED) is 0.880. The molecule has 2 aromatic rings. The largest absolute Gasteiger partial charge is 0.297 e. The van der Waals surface area contributed by atoms with Crippen LogP contribution in [0.5, 0.6) is 0 Å². The molecule has 0 saturated heterocycles. The van der Waals surface area contributed by atoms with Gasteiger partial charge in [0.05, 0.1) is 5.69 Å². The average Bonchev–Trinajstić information content (AvgIpc) is 3.15. The summed E-state index contributed by atoms with van der Waals surface area (Å²) in [6.07, 6.45) is 11.1. The van der Waals surface area contributed by atoms with Crippen LogP contribution in [-0.4, -0.2) is 25.9 Å². The molecule has 6 nitrogen and oxygen atoms in total. The van der Waals surface area contributed by atoms with E-state index in [0.29, 0.717) is 11.0 Å². The molecule has 0 bridgehead atoms. The lowest BCUT2D eigenvalue weighted by atomic mass is 9.90. The smallest absolute Gasteiger partial charge is 0.250 e. The zero-order valence-electron chi connectivity index (χ0n) is 12.5. The summed E-state index contributed by atoms with van der Waals surface area (Å²) in [7, 11) is 1.83. The van der Waals surface area contributed by atoms with Gasteiger partial charge in [-0.1, -0.05) is 30.6 Å². The summed E-state index contributed by atoms with van der Waals surface area (Å²) in [5.41, 5.74) is 0.871. The molecule has 1 fully saturated rings. The maximum atomic E-state index is 11.9. The zero-order valence-corrected chi connectivity index (χ0v) is 13.3.